The van der Waals surface area contributed by atoms with E-state index in [0.29, 0.717) is 30.2 Å². The topological polar surface area (TPSA) is 41.1 Å². The van der Waals surface area contributed by atoms with Crippen LogP contribution in [0.4, 0.5) is 0 Å². The zero-order valence-corrected chi connectivity index (χ0v) is 15.1. The molecule has 0 spiro atoms. The SMILES string of the molecule is O=C(CC1CCCN1)NCC1CC2c3ccccc3C1c1ccccc12. The second-order valence-electron chi connectivity index (χ2n) is 8.09. The van der Waals surface area contributed by atoms with Gasteiger partial charge in [-0.2, -0.15) is 0 Å². The minimum Gasteiger partial charge on any atom is -0.356 e. The molecule has 3 heteroatoms. The van der Waals surface area contributed by atoms with Crippen molar-refractivity contribution in [1.29, 1.82) is 0 Å². The van der Waals surface area contributed by atoms with Crippen LogP contribution in [0.25, 0.3) is 0 Å². The van der Waals surface area contributed by atoms with Crippen molar-refractivity contribution in [1.82, 2.24) is 10.6 Å². The number of carbonyl (C=O) groups excluding carboxylic acids is 1. The number of hydrogen-bond acceptors (Lipinski definition) is 2. The van der Waals surface area contributed by atoms with E-state index in [4.69, 9.17) is 0 Å². The fourth-order valence-corrected chi connectivity index (χ4v) is 5.43. The third-order valence-electron chi connectivity index (χ3n) is 6.58. The van der Waals surface area contributed by atoms with Gasteiger partial charge in [0.2, 0.25) is 5.91 Å². The van der Waals surface area contributed by atoms with Gasteiger partial charge in [-0.15, -0.1) is 0 Å². The zero-order valence-electron chi connectivity index (χ0n) is 15.1. The summed E-state index contributed by atoms with van der Waals surface area (Å²) in [4.78, 5) is 12.4. The standard InChI is InChI=1S/C23H26N2O/c26-22(13-16-6-5-11-24-16)25-14-15-12-21-17-7-1-3-9-19(17)23(15)20-10-4-2-8-18(20)21/h1-4,7-10,15-16,21,23-24H,5-6,11-14H2,(H,25,26). The molecule has 6 rings (SSSR count). The summed E-state index contributed by atoms with van der Waals surface area (Å²) in [6.45, 7) is 1.84. The molecule has 134 valence electrons. The molecule has 4 aliphatic rings. The number of nitrogens with one attached hydrogen (secondary N) is 2. The van der Waals surface area contributed by atoms with Crippen molar-refractivity contribution < 1.29 is 4.79 Å². The van der Waals surface area contributed by atoms with E-state index in [1.165, 1.54) is 28.7 Å². The van der Waals surface area contributed by atoms with E-state index in [0.717, 1.165) is 25.9 Å². The lowest BCUT2D eigenvalue weighted by Gasteiger charge is -2.45. The fraction of sp³-hybridized carbons (Fsp3) is 0.435. The average Bonchev–Trinajstić information content (AvgIpc) is 3.19. The molecule has 2 aromatic carbocycles. The molecule has 26 heavy (non-hydrogen) atoms. The van der Waals surface area contributed by atoms with E-state index >= 15 is 0 Å². The fourth-order valence-electron chi connectivity index (χ4n) is 5.43. The molecular formula is C23H26N2O. The zero-order chi connectivity index (χ0) is 17.5. The van der Waals surface area contributed by atoms with Crippen molar-refractivity contribution in [3.05, 3.63) is 70.8 Å². The number of hydrogen-bond donors (Lipinski definition) is 2. The van der Waals surface area contributed by atoms with Crippen molar-refractivity contribution in [2.24, 2.45) is 5.92 Å². The van der Waals surface area contributed by atoms with Crippen LogP contribution in [0.5, 0.6) is 0 Å². The Morgan fingerprint density at radius 3 is 2.27 bits per heavy atom. The lowest BCUT2D eigenvalue weighted by Crippen LogP contribution is -2.40. The molecule has 2 aromatic rings. The monoisotopic (exact) mass is 346 g/mol. The molecule has 1 aliphatic heterocycles. The van der Waals surface area contributed by atoms with Crippen molar-refractivity contribution in [3.63, 3.8) is 0 Å². The van der Waals surface area contributed by atoms with Crippen molar-refractivity contribution in [3.8, 4) is 0 Å². The first-order valence-corrected chi connectivity index (χ1v) is 9.99. The molecule has 2 unspecified atom stereocenters. The highest BCUT2D eigenvalue weighted by Crippen LogP contribution is 2.55. The molecule has 1 amide bonds. The largest absolute Gasteiger partial charge is 0.356 e. The van der Waals surface area contributed by atoms with E-state index in [-0.39, 0.29) is 5.91 Å². The first-order chi connectivity index (χ1) is 12.8. The van der Waals surface area contributed by atoms with Crippen molar-refractivity contribution in [2.45, 2.75) is 43.6 Å². The summed E-state index contributed by atoms with van der Waals surface area (Å²) in [5.41, 5.74) is 5.93. The first kappa shape index (κ1) is 16.1. The van der Waals surface area contributed by atoms with Crippen LogP contribution >= 0.6 is 0 Å². The average molecular weight is 346 g/mol. The Kier molecular flexibility index (Phi) is 4.05. The molecule has 3 nitrogen and oxygen atoms in total. The number of rotatable bonds is 4. The highest BCUT2D eigenvalue weighted by Gasteiger charge is 2.42. The van der Waals surface area contributed by atoms with Gasteiger partial charge in [0, 0.05) is 30.8 Å². The van der Waals surface area contributed by atoms with Gasteiger partial charge in [-0.1, -0.05) is 48.5 Å². The highest BCUT2D eigenvalue weighted by molar-refractivity contribution is 5.76. The third kappa shape index (κ3) is 2.66. The highest BCUT2D eigenvalue weighted by atomic mass is 16.1. The van der Waals surface area contributed by atoms with E-state index in [1.807, 2.05) is 0 Å². The van der Waals surface area contributed by atoms with Crippen LogP contribution in [0.3, 0.4) is 0 Å². The summed E-state index contributed by atoms with van der Waals surface area (Å²) >= 11 is 0. The van der Waals surface area contributed by atoms with Gasteiger partial charge >= 0.3 is 0 Å². The van der Waals surface area contributed by atoms with Crippen LogP contribution in [0.1, 0.15) is 59.8 Å². The molecule has 2 atom stereocenters. The molecule has 1 fully saturated rings. The van der Waals surface area contributed by atoms with Gasteiger partial charge < -0.3 is 10.6 Å². The number of fused-ring (bicyclic) bond motifs is 1. The summed E-state index contributed by atoms with van der Waals surface area (Å²) in [7, 11) is 0. The molecule has 0 saturated carbocycles. The summed E-state index contributed by atoms with van der Waals surface area (Å²) in [6, 6.07) is 18.2. The molecule has 1 heterocycles. The van der Waals surface area contributed by atoms with Crippen molar-refractivity contribution >= 4 is 5.91 Å². The Balaban J connectivity index is 1.36. The Morgan fingerprint density at radius 2 is 1.65 bits per heavy atom. The molecule has 0 aromatic heterocycles. The van der Waals surface area contributed by atoms with E-state index in [9.17, 15) is 4.79 Å². The van der Waals surface area contributed by atoms with Gasteiger partial charge in [-0.05, 0) is 54.0 Å². The minimum absolute atomic E-state index is 0.201. The van der Waals surface area contributed by atoms with Crippen LogP contribution in [-0.4, -0.2) is 25.0 Å². The molecule has 1 saturated heterocycles. The molecule has 2 bridgehead atoms. The molecular weight excluding hydrogens is 320 g/mol. The Bertz CT molecular complexity index is 777. The first-order valence-electron chi connectivity index (χ1n) is 9.99. The molecule has 2 N–H and O–H groups in total. The maximum absolute atomic E-state index is 12.4. The van der Waals surface area contributed by atoms with Crippen molar-refractivity contribution in [2.75, 3.05) is 13.1 Å². The third-order valence-corrected chi connectivity index (χ3v) is 6.58. The van der Waals surface area contributed by atoms with Crippen LogP contribution in [-0.2, 0) is 4.79 Å². The summed E-state index contributed by atoms with van der Waals surface area (Å²) in [5.74, 6) is 1.58. The Labute approximate surface area is 155 Å². The quantitative estimate of drug-likeness (QED) is 0.889. The number of benzene rings is 2. The Hall–Kier alpha value is -2.13. The van der Waals surface area contributed by atoms with Gasteiger partial charge in [-0.25, -0.2) is 0 Å². The van der Waals surface area contributed by atoms with Crippen LogP contribution in [0.2, 0.25) is 0 Å². The molecule has 3 aliphatic carbocycles. The number of amides is 1. The van der Waals surface area contributed by atoms with Crippen LogP contribution in [0, 0.1) is 5.92 Å². The van der Waals surface area contributed by atoms with Gasteiger partial charge in [0.15, 0.2) is 0 Å². The normalized spacial score (nSPS) is 28.5. The van der Waals surface area contributed by atoms with Crippen LogP contribution < -0.4 is 10.6 Å². The minimum atomic E-state index is 0.201. The predicted molar refractivity (Wildman–Crippen MR) is 103 cm³/mol. The summed E-state index contributed by atoms with van der Waals surface area (Å²) in [6.07, 6.45) is 4.08. The summed E-state index contributed by atoms with van der Waals surface area (Å²) < 4.78 is 0. The maximum atomic E-state index is 12.4. The van der Waals surface area contributed by atoms with Gasteiger partial charge in [-0.3, -0.25) is 4.79 Å². The van der Waals surface area contributed by atoms with E-state index in [2.05, 4.69) is 59.2 Å². The van der Waals surface area contributed by atoms with Gasteiger partial charge in [0.1, 0.15) is 0 Å². The maximum Gasteiger partial charge on any atom is 0.221 e. The summed E-state index contributed by atoms with van der Waals surface area (Å²) in [5, 5.41) is 6.66. The van der Waals surface area contributed by atoms with Crippen LogP contribution in [0.15, 0.2) is 48.5 Å². The second-order valence-corrected chi connectivity index (χ2v) is 8.09. The van der Waals surface area contributed by atoms with E-state index < -0.39 is 0 Å². The Morgan fingerprint density at radius 1 is 1.00 bits per heavy atom. The lowest BCUT2D eigenvalue weighted by molar-refractivity contribution is -0.121. The molecule has 0 radical (unpaired) electrons. The van der Waals surface area contributed by atoms with Gasteiger partial charge in [0.05, 0.1) is 0 Å². The smallest absolute Gasteiger partial charge is 0.221 e. The second kappa shape index (κ2) is 6.55. The van der Waals surface area contributed by atoms with E-state index in [1.54, 1.807) is 0 Å². The lowest BCUT2D eigenvalue weighted by atomic mass is 9.59. The number of carbonyl (C=O) groups is 1. The predicted octanol–water partition coefficient (Wildman–Crippen LogP) is 3.54. The van der Waals surface area contributed by atoms with Gasteiger partial charge in [0.25, 0.3) is 0 Å².